The van der Waals surface area contributed by atoms with E-state index in [0.29, 0.717) is 19.3 Å². The zero-order valence-corrected chi connectivity index (χ0v) is 50.8. The maximum atomic E-state index is 12.9. The molecule has 0 spiro atoms. The Morgan fingerprint density at radius 2 is 0.519 bits per heavy atom. The standard InChI is InChI=1S/C73H116O6/c1-4-7-10-13-16-19-22-25-28-31-34-35-36-37-40-42-45-48-51-54-57-60-63-66-72(75)78-69-70(79-73(76)67-64-61-58-55-52-49-46-43-39-33-30-27-24-21-18-15-12-9-6-3)68-77-71(74)65-62-59-56-53-50-47-44-41-38-32-29-26-23-20-17-14-11-8-5-2/h7,9-10,12,16,18-19,21,25,27-28,30,34-35,37,39-40,43,45,48-49,52,54,57-58,61,70H,4-6,8,11,13-15,17,20,22-24,26,29,31-33,36,38,41-42,44,46-47,50-51,53,55-56,59-60,62-69H2,1-3H3/b10-7-,12-9-,19-16-,21-18-,28-25-,30-27-,35-34-,40-37-,43-39-,48-45-,52-49-,57-54-,61-58-. The molecule has 0 aromatic rings. The molecule has 444 valence electrons. The number of ether oxygens (including phenoxy) is 3. The quantitative estimate of drug-likeness (QED) is 0.0261. The number of carbonyl (C=O) groups excluding carboxylic acids is 3. The monoisotopic (exact) mass is 1090 g/mol. The van der Waals surface area contributed by atoms with E-state index >= 15 is 0 Å². The Morgan fingerprint density at radius 1 is 0.266 bits per heavy atom. The fourth-order valence-electron chi connectivity index (χ4n) is 8.34. The van der Waals surface area contributed by atoms with E-state index < -0.39 is 12.1 Å². The smallest absolute Gasteiger partial charge is 0.306 e. The van der Waals surface area contributed by atoms with Crippen LogP contribution in [0.3, 0.4) is 0 Å². The van der Waals surface area contributed by atoms with Crippen molar-refractivity contribution in [1.29, 1.82) is 0 Å². The van der Waals surface area contributed by atoms with Crippen molar-refractivity contribution in [3.05, 3.63) is 158 Å². The highest BCUT2D eigenvalue weighted by Crippen LogP contribution is 2.16. The molecule has 0 saturated heterocycles. The minimum absolute atomic E-state index is 0.131. The second-order valence-corrected chi connectivity index (χ2v) is 20.6. The number of esters is 3. The average molecular weight is 1090 g/mol. The van der Waals surface area contributed by atoms with Gasteiger partial charge in [0.25, 0.3) is 0 Å². The van der Waals surface area contributed by atoms with Gasteiger partial charge in [0.2, 0.25) is 0 Å². The molecule has 0 saturated carbocycles. The van der Waals surface area contributed by atoms with Gasteiger partial charge in [-0.15, -0.1) is 0 Å². The van der Waals surface area contributed by atoms with E-state index in [1.807, 2.05) is 12.2 Å². The normalized spacial score (nSPS) is 13.2. The molecule has 0 bridgehead atoms. The summed E-state index contributed by atoms with van der Waals surface area (Å²) in [4.78, 5) is 38.3. The summed E-state index contributed by atoms with van der Waals surface area (Å²) < 4.78 is 16.8. The third kappa shape index (κ3) is 63.7. The fourth-order valence-corrected chi connectivity index (χ4v) is 8.34. The molecule has 0 amide bonds. The lowest BCUT2D eigenvalue weighted by Gasteiger charge is -2.18. The van der Waals surface area contributed by atoms with Crippen LogP contribution in [-0.2, 0) is 28.6 Å². The first-order valence-electron chi connectivity index (χ1n) is 32.0. The van der Waals surface area contributed by atoms with Crippen molar-refractivity contribution in [1.82, 2.24) is 0 Å². The highest BCUT2D eigenvalue weighted by Gasteiger charge is 2.19. The number of unbranched alkanes of at least 4 members (excludes halogenated alkanes) is 19. The Hall–Kier alpha value is -4.97. The Bertz CT molecular complexity index is 1780. The molecule has 1 atom stereocenters. The first-order chi connectivity index (χ1) is 39.0. The summed E-state index contributed by atoms with van der Waals surface area (Å²) in [7, 11) is 0. The van der Waals surface area contributed by atoms with Gasteiger partial charge in [-0.05, 0) is 109 Å². The van der Waals surface area contributed by atoms with Crippen molar-refractivity contribution in [3.63, 3.8) is 0 Å². The van der Waals surface area contributed by atoms with E-state index in [2.05, 4.69) is 167 Å². The fraction of sp³-hybridized carbons (Fsp3) is 0.603. The van der Waals surface area contributed by atoms with Crippen LogP contribution in [-0.4, -0.2) is 37.2 Å². The summed E-state index contributed by atoms with van der Waals surface area (Å²) in [5, 5.41) is 0. The minimum Gasteiger partial charge on any atom is -0.462 e. The molecular formula is C73H116O6. The Labute approximate surface area is 486 Å². The lowest BCUT2D eigenvalue weighted by molar-refractivity contribution is -0.166. The second-order valence-electron chi connectivity index (χ2n) is 20.6. The molecule has 0 heterocycles. The van der Waals surface area contributed by atoms with Gasteiger partial charge in [-0.25, -0.2) is 0 Å². The second kappa shape index (κ2) is 65.5. The van der Waals surface area contributed by atoms with Crippen LogP contribution in [0, 0.1) is 0 Å². The molecule has 6 nitrogen and oxygen atoms in total. The molecule has 0 fully saturated rings. The van der Waals surface area contributed by atoms with Gasteiger partial charge >= 0.3 is 17.9 Å². The summed E-state index contributed by atoms with van der Waals surface area (Å²) in [5.41, 5.74) is 0. The maximum absolute atomic E-state index is 12.9. The summed E-state index contributed by atoms with van der Waals surface area (Å²) in [6, 6.07) is 0. The predicted molar refractivity (Wildman–Crippen MR) is 343 cm³/mol. The predicted octanol–water partition coefficient (Wildman–Crippen LogP) is 22.1. The van der Waals surface area contributed by atoms with E-state index in [9.17, 15) is 14.4 Å². The van der Waals surface area contributed by atoms with Crippen LogP contribution >= 0.6 is 0 Å². The van der Waals surface area contributed by atoms with Crippen LogP contribution in [0.15, 0.2) is 158 Å². The summed E-state index contributed by atoms with van der Waals surface area (Å²) in [6.45, 7) is 6.31. The zero-order valence-electron chi connectivity index (χ0n) is 50.8. The highest BCUT2D eigenvalue weighted by atomic mass is 16.6. The topological polar surface area (TPSA) is 78.9 Å². The number of rotatable bonds is 56. The molecule has 0 radical (unpaired) electrons. The summed E-state index contributed by atoms with van der Waals surface area (Å²) in [5.74, 6) is -1.08. The lowest BCUT2D eigenvalue weighted by Crippen LogP contribution is -2.30. The van der Waals surface area contributed by atoms with Crippen LogP contribution in [0.1, 0.15) is 265 Å². The summed E-state index contributed by atoms with van der Waals surface area (Å²) in [6.07, 6.45) is 95.5. The van der Waals surface area contributed by atoms with Gasteiger partial charge in [-0.1, -0.05) is 294 Å². The lowest BCUT2D eigenvalue weighted by atomic mass is 10.0. The minimum atomic E-state index is -0.850. The molecule has 79 heavy (non-hydrogen) atoms. The van der Waals surface area contributed by atoms with Crippen molar-refractivity contribution in [2.24, 2.45) is 0 Å². The van der Waals surface area contributed by atoms with Crippen molar-refractivity contribution in [3.8, 4) is 0 Å². The van der Waals surface area contributed by atoms with Crippen LogP contribution in [0.5, 0.6) is 0 Å². The van der Waals surface area contributed by atoms with Gasteiger partial charge in [0.05, 0.1) is 0 Å². The van der Waals surface area contributed by atoms with E-state index in [4.69, 9.17) is 14.2 Å². The van der Waals surface area contributed by atoms with Crippen LogP contribution in [0.4, 0.5) is 0 Å². The number of hydrogen-bond acceptors (Lipinski definition) is 6. The van der Waals surface area contributed by atoms with Crippen molar-refractivity contribution in [2.45, 2.75) is 271 Å². The van der Waals surface area contributed by atoms with E-state index in [1.165, 1.54) is 103 Å². The molecular weight excluding hydrogens is 973 g/mol. The van der Waals surface area contributed by atoms with Crippen LogP contribution in [0.25, 0.3) is 0 Å². The first-order valence-corrected chi connectivity index (χ1v) is 32.0. The van der Waals surface area contributed by atoms with Gasteiger partial charge in [-0.2, -0.15) is 0 Å². The molecule has 0 aliphatic carbocycles. The Kier molecular flexibility index (Phi) is 61.4. The largest absolute Gasteiger partial charge is 0.462 e. The molecule has 0 N–H and O–H groups in total. The Balaban J connectivity index is 4.59. The maximum Gasteiger partial charge on any atom is 0.306 e. The van der Waals surface area contributed by atoms with Crippen LogP contribution < -0.4 is 0 Å². The van der Waals surface area contributed by atoms with Gasteiger partial charge < -0.3 is 14.2 Å². The molecule has 1 unspecified atom stereocenters. The average Bonchev–Trinajstić information content (AvgIpc) is 3.45. The third-order valence-corrected chi connectivity index (χ3v) is 13.0. The van der Waals surface area contributed by atoms with Crippen LogP contribution in [0.2, 0.25) is 0 Å². The van der Waals surface area contributed by atoms with E-state index in [1.54, 1.807) is 0 Å². The van der Waals surface area contributed by atoms with Crippen molar-refractivity contribution in [2.75, 3.05) is 13.2 Å². The van der Waals surface area contributed by atoms with Crippen molar-refractivity contribution < 1.29 is 28.6 Å². The third-order valence-electron chi connectivity index (χ3n) is 13.0. The van der Waals surface area contributed by atoms with Crippen molar-refractivity contribution >= 4 is 17.9 Å². The van der Waals surface area contributed by atoms with E-state index in [0.717, 1.165) is 109 Å². The van der Waals surface area contributed by atoms with Gasteiger partial charge in [0.1, 0.15) is 13.2 Å². The SMILES string of the molecule is CC/C=C\C/C=C\C/C=C\C/C=C\C/C=C\C/C=C\C/C=C\CCCC(=O)OCC(COC(=O)CCCCCCCCCCCCCCCCCCCCC)OC(=O)CC/C=C\C/C=C\C/C=C\C/C=C\C/C=C\C/C=C\CC. The number of allylic oxidation sites excluding steroid dienone is 26. The Morgan fingerprint density at radius 3 is 0.823 bits per heavy atom. The van der Waals surface area contributed by atoms with Gasteiger partial charge in [-0.3, -0.25) is 14.4 Å². The number of carbonyl (C=O) groups is 3. The molecule has 0 aliphatic heterocycles. The molecule has 6 heteroatoms. The molecule has 0 aliphatic rings. The van der Waals surface area contributed by atoms with Gasteiger partial charge in [0.15, 0.2) is 6.10 Å². The summed E-state index contributed by atoms with van der Waals surface area (Å²) >= 11 is 0. The molecule has 0 aromatic carbocycles. The van der Waals surface area contributed by atoms with Gasteiger partial charge in [0, 0.05) is 19.3 Å². The highest BCUT2D eigenvalue weighted by molar-refractivity contribution is 5.71. The van der Waals surface area contributed by atoms with E-state index in [-0.39, 0.29) is 38.0 Å². The number of hydrogen-bond donors (Lipinski definition) is 0. The first kappa shape index (κ1) is 74.0. The zero-order chi connectivity index (χ0) is 57.1. The molecule has 0 rings (SSSR count). The molecule has 0 aromatic heterocycles.